The number of amides is 2. The largest absolute Gasteiger partial charge is 0.494 e. The first-order valence-corrected chi connectivity index (χ1v) is 9.36. The van der Waals surface area contributed by atoms with E-state index in [2.05, 4.69) is 16.0 Å². The molecule has 148 valence electrons. The van der Waals surface area contributed by atoms with Crippen LogP contribution in [0.25, 0.3) is 0 Å². The Morgan fingerprint density at radius 1 is 1.00 bits per heavy atom. The van der Waals surface area contributed by atoms with Crippen LogP contribution in [-0.4, -0.2) is 29.1 Å². The molecule has 28 heavy (non-hydrogen) atoms. The monoisotopic (exact) mass is 399 g/mol. The van der Waals surface area contributed by atoms with Gasteiger partial charge in [-0.2, -0.15) is 0 Å². The summed E-state index contributed by atoms with van der Waals surface area (Å²) >= 11 is 5.22. The SMILES string of the molecule is CCOc1cccc(C(=O)NC(=S)Nc2cccc(C(=O)NC(C)(C)C)c2)c1. The second-order valence-electron chi connectivity index (χ2n) is 7.15. The van der Waals surface area contributed by atoms with Gasteiger partial charge in [-0.25, -0.2) is 0 Å². The number of thiocarbonyl (C=S) groups is 1. The zero-order valence-corrected chi connectivity index (χ0v) is 17.3. The van der Waals surface area contributed by atoms with Gasteiger partial charge in [0.1, 0.15) is 5.75 Å². The average molecular weight is 400 g/mol. The Hall–Kier alpha value is -2.93. The predicted octanol–water partition coefficient (Wildman–Crippen LogP) is 3.74. The summed E-state index contributed by atoms with van der Waals surface area (Å²) in [6.07, 6.45) is 0. The van der Waals surface area contributed by atoms with Crippen LogP contribution in [0, 0.1) is 0 Å². The second kappa shape index (κ2) is 9.32. The lowest BCUT2D eigenvalue weighted by Crippen LogP contribution is -2.40. The molecule has 0 spiro atoms. The van der Waals surface area contributed by atoms with Crippen molar-refractivity contribution in [2.75, 3.05) is 11.9 Å². The Morgan fingerprint density at radius 2 is 1.64 bits per heavy atom. The summed E-state index contributed by atoms with van der Waals surface area (Å²) in [6.45, 7) is 8.14. The molecule has 3 N–H and O–H groups in total. The van der Waals surface area contributed by atoms with E-state index in [-0.39, 0.29) is 22.5 Å². The first-order valence-electron chi connectivity index (χ1n) is 8.96. The molecule has 0 aliphatic heterocycles. The van der Waals surface area contributed by atoms with E-state index in [1.165, 1.54) is 0 Å². The van der Waals surface area contributed by atoms with E-state index in [4.69, 9.17) is 17.0 Å². The molecule has 7 heteroatoms. The van der Waals surface area contributed by atoms with E-state index in [1.54, 1.807) is 48.5 Å². The molecule has 0 fully saturated rings. The van der Waals surface area contributed by atoms with Crippen LogP contribution in [0.15, 0.2) is 48.5 Å². The van der Waals surface area contributed by atoms with Crippen molar-refractivity contribution < 1.29 is 14.3 Å². The number of ether oxygens (including phenoxy) is 1. The number of hydrogen-bond acceptors (Lipinski definition) is 4. The molecule has 0 unspecified atom stereocenters. The van der Waals surface area contributed by atoms with Gasteiger partial charge in [-0.15, -0.1) is 0 Å². The number of nitrogens with one attached hydrogen (secondary N) is 3. The molecule has 2 amide bonds. The smallest absolute Gasteiger partial charge is 0.257 e. The van der Waals surface area contributed by atoms with E-state index in [0.717, 1.165) is 0 Å². The van der Waals surface area contributed by atoms with Gasteiger partial charge in [0.15, 0.2) is 5.11 Å². The number of hydrogen-bond donors (Lipinski definition) is 3. The van der Waals surface area contributed by atoms with E-state index >= 15 is 0 Å². The molecule has 0 radical (unpaired) electrons. The van der Waals surface area contributed by atoms with Gasteiger partial charge in [-0.3, -0.25) is 14.9 Å². The molecule has 0 atom stereocenters. The third-order valence-corrected chi connectivity index (χ3v) is 3.71. The molecule has 2 aromatic rings. The Morgan fingerprint density at radius 3 is 2.29 bits per heavy atom. The van der Waals surface area contributed by atoms with Gasteiger partial charge >= 0.3 is 0 Å². The molecule has 0 bridgehead atoms. The van der Waals surface area contributed by atoms with Crippen LogP contribution in [0.1, 0.15) is 48.4 Å². The lowest BCUT2D eigenvalue weighted by Gasteiger charge is -2.20. The maximum Gasteiger partial charge on any atom is 0.257 e. The average Bonchev–Trinajstić information content (AvgIpc) is 2.61. The van der Waals surface area contributed by atoms with Crippen LogP contribution < -0.4 is 20.7 Å². The van der Waals surface area contributed by atoms with Gasteiger partial charge in [0.05, 0.1) is 6.61 Å². The van der Waals surface area contributed by atoms with Crippen LogP contribution in [-0.2, 0) is 0 Å². The minimum absolute atomic E-state index is 0.139. The zero-order valence-electron chi connectivity index (χ0n) is 16.5. The quantitative estimate of drug-likeness (QED) is 0.668. The molecule has 0 saturated heterocycles. The maximum atomic E-state index is 12.4. The summed E-state index contributed by atoms with van der Waals surface area (Å²) < 4.78 is 5.40. The Balaban J connectivity index is 2.01. The summed E-state index contributed by atoms with van der Waals surface area (Å²) in [6, 6.07) is 13.8. The number of rotatable bonds is 5. The number of carbonyl (C=O) groups is 2. The van der Waals surface area contributed by atoms with Crippen LogP contribution in [0.2, 0.25) is 0 Å². The van der Waals surface area contributed by atoms with Gasteiger partial charge < -0.3 is 15.4 Å². The van der Waals surface area contributed by atoms with Gasteiger partial charge in [0.25, 0.3) is 11.8 Å². The molecule has 0 aromatic heterocycles. The van der Waals surface area contributed by atoms with E-state index in [9.17, 15) is 9.59 Å². The van der Waals surface area contributed by atoms with Crippen molar-refractivity contribution >= 4 is 34.8 Å². The van der Waals surface area contributed by atoms with Crippen molar-refractivity contribution in [3.05, 3.63) is 59.7 Å². The normalized spacial score (nSPS) is 10.7. The highest BCUT2D eigenvalue weighted by Crippen LogP contribution is 2.14. The molecule has 0 saturated carbocycles. The van der Waals surface area contributed by atoms with E-state index in [1.807, 2.05) is 27.7 Å². The van der Waals surface area contributed by atoms with E-state index < -0.39 is 0 Å². The number of carbonyl (C=O) groups excluding carboxylic acids is 2. The fraction of sp³-hybridized carbons (Fsp3) is 0.286. The van der Waals surface area contributed by atoms with Crippen LogP contribution in [0.4, 0.5) is 5.69 Å². The standard InChI is InChI=1S/C21H25N3O3S/c1-5-27-17-11-7-9-15(13-17)18(25)23-20(28)22-16-10-6-8-14(12-16)19(26)24-21(2,3)4/h6-13H,5H2,1-4H3,(H,24,26)(H2,22,23,25,28). The highest BCUT2D eigenvalue weighted by molar-refractivity contribution is 7.80. The van der Waals surface area contributed by atoms with Crippen molar-refractivity contribution in [3.63, 3.8) is 0 Å². The first-order chi connectivity index (χ1) is 13.2. The molecule has 6 nitrogen and oxygen atoms in total. The van der Waals surface area contributed by atoms with Crippen molar-refractivity contribution in [1.29, 1.82) is 0 Å². The fourth-order valence-electron chi connectivity index (χ4n) is 2.38. The topological polar surface area (TPSA) is 79.5 Å². The lowest BCUT2D eigenvalue weighted by atomic mass is 10.1. The summed E-state index contributed by atoms with van der Waals surface area (Å²) in [7, 11) is 0. The molecule has 0 heterocycles. The van der Waals surface area contributed by atoms with E-state index in [0.29, 0.717) is 29.2 Å². The zero-order chi connectivity index (χ0) is 20.7. The van der Waals surface area contributed by atoms with Crippen LogP contribution in [0.3, 0.4) is 0 Å². The third kappa shape index (κ3) is 6.66. The van der Waals surface area contributed by atoms with Gasteiger partial charge in [-0.05, 0) is 76.3 Å². The Labute approximate surface area is 170 Å². The highest BCUT2D eigenvalue weighted by Gasteiger charge is 2.16. The predicted molar refractivity (Wildman–Crippen MR) is 115 cm³/mol. The second-order valence-corrected chi connectivity index (χ2v) is 7.56. The van der Waals surface area contributed by atoms with Crippen molar-refractivity contribution in [3.8, 4) is 5.75 Å². The highest BCUT2D eigenvalue weighted by atomic mass is 32.1. The minimum atomic E-state index is -0.347. The Kier molecular flexibility index (Phi) is 7.12. The van der Waals surface area contributed by atoms with Crippen molar-refractivity contribution in [1.82, 2.24) is 10.6 Å². The lowest BCUT2D eigenvalue weighted by molar-refractivity contribution is 0.0918. The third-order valence-electron chi connectivity index (χ3n) is 3.51. The number of benzene rings is 2. The summed E-state index contributed by atoms with van der Waals surface area (Å²) in [5, 5.41) is 8.60. The van der Waals surface area contributed by atoms with Crippen molar-refractivity contribution in [2.24, 2.45) is 0 Å². The molecular weight excluding hydrogens is 374 g/mol. The first kappa shape index (κ1) is 21.4. The minimum Gasteiger partial charge on any atom is -0.494 e. The molecule has 2 rings (SSSR count). The van der Waals surface area contributed by atoms with Gasteiger partial charge in [0, 0.05) is 22.4 Å². The van der Waals surface area contributed by atoms with Gasteiger partial charge in [0.2, 0.25) is 0 Å². The van der Waals surface area contributed by atoms with Crippen molar-refractivity contribution in [2.45, 2.75) is 33.2 Å². The molecule has 2 aromatic carbocycles. The summed E-state index contributed by atoms with van der Waals surface area (Å²) in [5.41, 5.74) is 1.21. The maximum absolute atomic E-state index is 12.4. The number of anilines is 1. The summed E-state index contributed by atoms with van der Waals surface area (Å²) in [5.74, 6) is 0.0890. The Bertz CT molecular complexity index is 875. The summed E-state index contributed by atoms with van der Waals surface area (Å²) in [4.78, 5) is 24.7. The fourth-order valence-corrected chi connectivity index (χ4v) is 2.59. The molecule has 0 aliphatic carbocycles. The molecular formula is C21H25N3O3S. The van der Waals surface area contributed by atoms with Gasteiger partial charge in [-0.1, -0.05) is 12.1 Å². The van der Waals surface area contributed by atoms with Crippen LogP contribution >= 0.6 is 12.2 Å². The molecule has 0 aliphatic rings. The van der Waals surface area contributed by atoms with Crippen LogP contribution in [0.5, 0.6) is 5.75 Å².